The predicted octanol–water partition coefficient (Wildman–Crippen LogP) is -1.31. The number of primary amides is 1. The number of carbonyl (C=O) groups is 1. The monoisotopic (exact) mass is 169 g/mol. The quantitative estimate of drug-likeness (QED) is 0.586. The Balaban J connectivity index is 2.64. The number of nitrogens with zero attached hydrogens (tertiary/aromatic N) is 3. The number of amides is 1. The van der Waals surface area contributed by atoms with Crippen LogP contribution in [-0.4, -0.2) is 20.9 Å². The van der Waals surface area contributed by atoms with E-state index in [1.807, 2.05) is 0 Å². The SMILES string of the molecule is Cn1ncc(C(N)CC(N)=O)n1. The molecule has 0 aliphatic heterocycles. The maximum Gasteiger partial charge on any atom is 0.219 e. The van der Waals surface area contributed by atoms with E-state index in [4.69, 9.17) is 11.5 Å². The smallest absolute Gasteiger partial charge is 0.219 e. The van der Waals surface area contributed by atoms with E-state index in [2.05, 4.69) is 10.2 Å². The van der Waals surface area contributed by atoms with Crippen LogP contribution in [0, 0.1) is 0 Å². The number of nitrogens with two attached hydrogens (primary N) is 2. The lowest BCUT2D eigenvalue weighted by atomic mass is 10.1. The number of hydrogen-bond donors (Lipinski definition) is 2. The molecule has 1 atom stereocenters. The standard InChI is InChI=1S/C6H11N5O/c1-11-9-3-5(10-11)4(7)2-6(8)12/h3-4H,2,7H2,1H3,(H2,8,12). The highest BCUT2D eigenvalue weighted by atomic mass is 16.1. The van der Waals surface area contributed by atoms with E-state index in [1.54, 1.807) is 7.05 Å². The molecular weight excluding hydrogens is 158 g/mol. The summed E-state index contributed by atoms with van der Waals surface area (Å²) in [5, 5.41) is 7.75. The van der Waals surface area contributed by atoms with Gasteiger partial charge in [-0.05, 0) is 0 Å². The first-order chi connectivity index (χ1) is 5.59. The summed E-state index contributed by atoms with van der Waals surface area (Å²) < 4.78 is 0. The van der Waals surface area contributed by atoms with Crippen LogP contribution in [0.3, 0.4) is 0 Å². The van der Waals surface area contributed by atoms with Crippen LogP contribution in [0.25, 0.3) is 0 Å². The van der Waals surface area contributed by atoms with Crippen LogP contribution in [0.4, 0.5) is 0 Å². The molecule has 1 aromatic heterocycles. The Hall–Kier alpha value is -1.43. The predicted molar refractivity (Wildman–Crippen MR) is 41.7 cm³/mol. The lowest BCUT2D eigenvalue weighted by Crippen LogP contribution is -2.21. The molecule has 1 rings (SSSR count). The molecule has 0 saturated carbocycles. The van der Waals surface area contributed by atoms with Gasteiger partial charge in [0.2, 0.25) is 5.91 Å². The number of aromatic nitrogens is 3. The van der Waals surface area contributed by atoms with Gasteiger partial charge < -0.3 is 11.5 Å². The zero-order chi connectivity index (χ0) is 9.14. The molecule has 6 nitrogen and oxygen atoms in total. The van der Waals surface area contributed by atoms with Crippen molar-refractivity contribution in [3.63, 3.8) is 0 Å². The summed E-state index contributed by atoms with van der Waals surface area (Å²) in [5.41, 5.74) is 11.1. The lowest BCUT2D eigenvalue weighted by Gasteiger charge is -2.03. The van der Waals surface area contributed by atoms with Crippen LogP contribution in [0.5, 0.6) is 0 Å². The molecule has 4 N–H and O–H groups in total. The van der Waals surface area contributed by atoms with E-state index in [1.165, 1.54) is 11.0 Å². The second-order valence-electron chi connectivity index (χ2n) is 2.54. The van der Waals surface area contributed by atoms with Gasteiger partial charge in [-0.15, -0.1) is 0 Å². The summed E-state index contributed by atoms with van der Waals surface area (Å²) in [6.07, 6.45) is 1.62. The average molecular weight is 169 g/mol. The summed E-state index contributed by atoms with van der Waals surface area (Å²) in [6, 6.07) is -0.448. The molecule has 0 saturated heterocycles. The molecule has 6 heteroatoms. The van der Waals surface area contributed by atoms with E-state index < -0.39 is 11.9 Å². The number of rotatable bonds is 3. The topological polar surface area (TPSA) is 99.8 Å². The van der Waals surface area contributed by atoms with Crippen LogP contribution >= 0.6 is 0 Å². The van der Waals surface area contributed by atoms with Gasteiger partial charge in [0.25, 0.3) is 0 Å². The third kappa shape index (κ3) is 2.03. The van der Waals surface area contributed by atoms with Crippen molar-refractivity contribution in [3.05, 3.63) is 11.9 Å². The Morgan fingerprint density at radius 2 is 2.50 bits per heavy atom. The highest BCUT2D eigenvalue weighted by molar-refractivity contribution is 5.74. The van der Waals surface area contributed by atoms with Crippen LogP contribution in [-0.2, 0) is 11.8 Å². The van der Waals surface area contributed by atoms with Gasteiger partial charge in [-0.25, -0.2) is 0 Å². The van der Waals surface area contributed by atoms with E-state index in [9.17, 15) is 4.79 Å². The minimum atomic E-state index is -0.448. The molecule has 0 aliphatic rings. The van der Waals surface area contributed by atoms with Crippen LogP contribution < -0.4 is 11.5 Å². The Morgan fingerprint density at radius 1 is 1.83 bits per heavy atom. The molecule has 0 spiro atoms. The minimum absolute atomic E-state index is 0.0959. The molecule has 0 aromatic carbocycles. The average Bonchev–Trinajstić information content (AvgIpc) is 2.34. The van der Waals surface area contributed by atoms with Gasteiger partial charge in [0.1, 0.15) is 0 Å². The second-order valence-corrected chi connectivity index (χ2v) is 2.54. The van der Waals surface area contributed by atoms with Crippen LogP contribution in [0.2, 0.25) is 0 Å². The van der Waals surface area contributed by atoms with Gasteiger partial charge in [-0.2, -0.15) is 15.0 Å². The Bertz CT molecular complexity index is 281. The first-order valence-corrected chi connectivity index (χ1v) is 3.49. The zero-order valence-electron chi connectivity index (χ0n) is 6.77. The van der Waals surface area contributed by atoms with Crippen molar-refractivity contribution < 1.29 is 4.79 Å². The Kier molecular flexibility index (Phi) is 2.39. The maximum absolute atomic E-state index is 10.5. The van der Waals surface area contributed by atoms with E-state index in [-0.39, 0.29) is 6.42 Å². The summed E-state index contributed by atoms with van der Waals surface area (Å²) in [6.45, 7) is 0. The summed E-state index contributed by atoms with van der Waals surface area (Å²) >= 11 is 0. The first-order valence-electron chi connectivity index (χ1n) is 3.49. The highest BCUT2D eigenvalue weighted by Crippen LogP contribution is 2.07. The van der Waals surface area contributed by atoms with Crippen LogP contribution in [0.15, 0.2) is 6.20 Å². The summed E-state index contributed by atoms with van der Waals surface area (Å²) in [4.78, 5) is 11.9. The van der Waals surface area contributed by atoms with Crippen molar-refractivity contribution >= 4 is 5.91 Å². The largest absolute Gasteiger partial charge is 0.370 e. The van der Waals surface area contributed by atoms with Gasteiger partial charge in [-0.1, -0.05) is 0 Å². The van der Waals surface area contributed by atoms with Gasteiger partial charge in [0, 0.05) is 13.5 Å². The highest BCUT2D eigenvalue weighted by Gasteiger charge is 2.11. The summed E-state index contributed by atoms with van der Waals surface area (Å²) in [5.74, 6) is -0.437. The molecular formula is C6H11N5O. The van der Waals surface area contributed by atoms with Gasteiger partial charge in [-0.3, -0.25) is 4.79 Å². The van der Waals surface area contributed by atoms with Gasteiger partial charge in [0.15, 0.2) is 0 Å². The zero-order valence-corrected chi connectivity index (χ0v) is 6.77. The molecule has 1 aromatic rings. The van der Waals surface area contributed by atoms with Crippen molar-refractivity contribution in [2.24, 2.45) is 18.5 Å². The molecule has 66 valence electrons. The van der Waals surface area contributed by atoms with Crippen molar-refractivity contribution in [1.82, 2.24) is 15.0 Å². The fourth-order valence-electron chi connectivity index (χ4n) is 0.853. The molecule has 0 bridgehead atoms. The molecule has 1 amide bonds. The van der Waals surface area contributed by atoms with Crippen LogP contribution in [0.1, 0.15) is 18.2 Å². The molecule has 12 heavy (non-hydrogen) atoms. The molecule has 0 radical (unpaired) electrons. The fourth-order valence-corrected chi connectivity index (χ4v) is 0.853. The van der Waals surface area contributed by atoms with Crippen molar-refractivity contribution in [1.29, 1.82) is 0 Å². The first kappa shape index (κ1) is 8.66. The number of carbonyl (C=O) groups excluding carboxylic acids is 1. The maximum atomic E-state index is 10.5. The third-order valence-electron chi connectivity index (χ3n) is 1.42. The van der Waals surface area contributed by atoms with Gasteiger partial charge >= 0.3 is 0 Å². The van der Waals surface area contributed by atoms with E-state index in [0.29, 0.717) is 5.69 Å². The molecule has 1 heterocycles. The van der Waals surface area contributed by atoms with E-state index in [0.717, 1.165) is 0 Å². The fraction of sp³-hybridized carbons (Fsp3) is 0.500. The van der Waals surface area contributed by atoms with E-state index >= 15 is 0 Å². The van der Waals surface area contributed by atoms with Crippen molar-refractivity contribution in [2.45, 2.75) is 12.5 Å². The summed E-state index contributed by atoms with van der Waals surface area (Å²) in [7, 11) is 1.68. The normalized spacial score (nSPS) is 12.8. The molecule has 0 fully saturated rings. The Labute approximate surface area is 69.5 Å². The van der Waals surface area contributed by atoms with Crippen molar-refractivity contribution in [2.75, 3.05) is 0 Å². The lowest BCUT2D eigenvalue weighted by molar-refractivity contribution is -0.118. The second kappa shape index (κ2) is 3.31. The molecule has 1 unspecified atom stereocenters. The minimum Gasteiger partial charge on any atom is -0.370 e. The third-order valence-corrected chi connectivity index (χ3v) is 1.42. The number of hydrogen-bond acceptors (Lipinski definition) is 4. The number of aryl methyl sites for hydroxylation is 1. The Morgan fingerprint density at radius 3 is 2.92 bits per heavy atom. The van der Waals surface area contributed by atoms with Crippen molar-refractivity contribution in [3.8, 4) is 0 Å². The van der Waals surface area contributed by atoms with Gasteiger partial charge in [0.05, 0.1) is 17.9 Å². The molecule has 0 aliphatic carbocycles.